The molecule has 3 aromatic rings. The summed E-state index contributed by atoms with van der Waals surface area (Å²) in [5.74, 6) is 1.13. The largest absolute Gasteiger partial charge is 0.497 e. The standard InChI is InChI=1S/C21H20N2O3/c1-14-11-16(3-8-19(14)21(22)24)20-12-15(9-10-23-20)13-26-18-6-4-17(25-2)5-7-18/h3-12H,13H2,1-2H3,(H2,22,24). The Morgan fingerprint density at radius 1 is 1.04 bits per heavy atom. The number of methoxy groups -OCH3 is 1. The van der Waals surface area contributed by atoms with Crippen LogP contribution in [0.2, 0.25) is 0 Å². The highest BCUT2D eigenvalue weighted by Crippen LogP contribution is 2.23. The quantitative estimate of drug-likeness (QED) is 0.736. The van der Waals surface area contributed by atoms with Crippen LogP contribution in [0.15, 0.2) is 60.8 Å². The van der Waals surface area contributed by atoms with Crippen LogP contribution in [0.25, 0.3) is 11.3 Å². The van der Waals surface area contributed by atoms with Gasteiger partial charge in [0.05, 0.1) is 12.8 Å². The topological polar surface area (TPSA) is 74.4 Å². The molecule has 2 aromatic carbocycles. The van der Waals surface area contributed by atoms with E-state index >= 15 is 0 Å². The van der Waals surface area contributed by atoms with Crippen LogP contribution in [0.4, 0.5) is 0 Å². The van der Waals surface area contributed by atoms with Crippen LogP contribution in [-0.4, -0.2) is 18.0 Å². The molecule has 1 heterocycles. The van der Waals surface area contributed by atoms with E-state index in [1.54, 1.807) is 19.4 Å². The molecule has 0 radical (unpaired) electrons. The molecule has 0 spiro atoms. The molecule has 132 valence electrons. The number of aryl methyl sites for hydroxylation is 1. The van der Waals surface area contributed by atoms with Crippen LogP contribution in [0, 0.1) is 6.92 Å². The number of nitrogens with two attached hydrogens (primary N) is 1. The van der Waals surface area contributed by atoms with Crippen LogP contribution in [-0.2, 0) is 6.61 Å². The van der Waals surface area contributed by atoms with Crippen molar-refractivity contribution in [1.29, 1.82) is 0 Å². The minimum Gasteiger partial charge on any atom is -0.497 e. The monoisotopic (exact) mass is 348 g/mol. The molecule has 0 aliphatic carbocycles. The second-order valence-electron chi connectivity index (χ2n) is 5.91. The molecule has 0 saturated carbocycles. The van der Waals surface area contributed by atoms with Crippen LogP contribution < -0.4 is 15.2 Å². The van der Waals surface area contributed by atoms with Crippen molar-refractivity contribution in [1.82, 2.24) is 4.98 Å². The third-order valence-electron chi connectivity index (χ3n) is 4.08. The van der Waals surface area contributed by atoms with Crippen molar-refractivity contribution < 1.29 is 14.3 Å². The Kier molecular flexibility index (Phi) is 5.17. The number of primary amides is 1. The zero-order chi connectivity index (χ0) is 18.5. The van der Waals surface area contributed by atoms with Crippen molar-refractivity contribution >= 4 is 5.91 Å². The van der Waals surface area contributed by atoms with Gasteiger partial charge in [-0.1, -0.05) is 6.07 Å². The van der Waals surface area contributed by atoms with Crippen LogP contribution in [0.3, 0.4) is 0 Å². The van der Waals surface area contributed by atoms with Gasteiger partial charge >= 0.3 is 0 Å². The average molecular weight is 348 g/mol. The average Bonchev–Trinajstić information content (AvgIpc) is 2.66. The molecule has 5 nitrogen and oxygen atoms in total. The molecule has 2 N–H and O–H groups in total. The predicted octanol–water partition coefficient (Wildman–Crippen LogP) is 3.74. The van der Waals surface area contributed by atoms with Gasteiger partial charge < -0.3 is 15.2 Å². The summed E-state index contributed by atoms with van der Waals surface area (Å²) < 4.78 is 10.9. The number of aromatic nitrogens is 1. The summed E-state index contributed by atoms with van der Waals surface area (Å²) in [6.07, 6.45) is 1.75. The minimum absolute atomic E-state index is 0.427. The van der Waals surface area contributed by atoms with E-state index in [0.717, 1.165) is 33.9 Å². The van der Waals surface area contributed by atoms with Gasteiger partial charge in [0.1, 0.15) is 18.1 Å². The fraction of sp³-hybridized carbons (Fsp3) is 0.143. The van der Waals surface area contributed by atoms with Gasteiger partial charge in [0.2, 0.25) is 5.91 Å². The van der Waals surface area contributed by atoms with Gasteiger partial charge in [0.25, 0.3) is 0 Å². The zero-order valence-corrected chi connectivity index (χ0v) is 14.7. The number of pyridine rings is 1. The summed E-state index contributed by atoms with van der Waals surface area (Å²) in [6, 6.07) is 16.8. The number of carbonyl (C=O) groups is 1. The molecular formula is C21H20N2O3. The molecule has 26 heavy (non-hydrogen) atoms. The maximum absolute atomic E-state index is 11.4. The number of ether oxygens (including phenoxy) is 2. The Morgan fingerprint density at radius 3 is 2.42 bits per heavy atom. The Bertz CT molecular complexity index is 921. The van der Waals surface area contributed by atoms with Gasteiger partial charge in [0, 0.05) is 17.3 Å². The second-order valence-corrected chi connectivity index (χ2v) is 5.91. The lowest BCUT2D eigenvalue weighted by molar-refractivity contribution is 0.0999. The summed E-state index contributed by atoms with van der Waals surface area (Å²) in [5.41, 5.74) is 9.46. The highest BCUT2D eigenvalue weighted by atomic mass is 16.5. The number of hydrogen-bond donors (Lipinski definition) is 1. The van der Waals surface area contributed by atoms with Gasteiger partial charge in [-0.2, -0.15) is 0 Å². The highest BCUT2D eigenvalue weighted by Gasteiger charge is 2.08. The number of hydrogen-bond acceptors (Lipinski definition) is 4. The SMILES string of the molecule is COc1ccc(OCc2ccnc(-c3ccc(C(N)=O)c(C)c3)c2)cc1. The predicted molar refractivity (Wildman–Crippen MR) is 100 cm³/mol. The van der Waals surface area contributed by atoms with Crippen molar-refractivity contribution in [3.63, 3.8) is 0 Å². The molecule has 0 saturated heterocycles. The Labute approximate surface area is 152 Å². The first-order valence-corrected chi connectivity index (χ1v) is 8.19. The fourth-order valence-electron chi connectivity index (χ4n) is 2.66. The van der Waals surface area contributed by atoms with Gasteiger partial charge in [-0.25, -0.2) is 0 Å². The molecule has 1 amide bonds. The third kappa shape index (κ3) is 4.00. The number of nitrogens with zero attached hydrogens (tertiary/aromatic N) is 1. The van der Waals surface area contributed by atoms with E-state index in [4.69, 9.17) is 15.2 Å². The zero-order valence-electron chi connectivity index (χ0n) is 14.7. The molecule has 0 atom stereocenters. The van der Waals surface area contributed by atoms with Crippen molar-refractivity contribution in [2.24, 2.45) is 5.73 Å². The van der Waals surface area contributed by atoms with Crippen molar-refractivity contribution in [3.8, 4) is 22.8 Å². The maximum Gasteiger partial charge on any atom is 0.248 e. The van der Waals surface area contributed by atoms with Gasteiger partial charge in [0.15, 0.2) is 0 Å². The highest BCUT2D eigenvalue weighted by molar-refractivity contribution is 5.94. The molecule has 0 unspecified atom stereocenters. The molecule has 5 heteroatoms. The van der Waals surface area contributed by atoms with Crippen LogP contribution >= 0.6 is 0 Å². The first-order valence-electron chi connectivity index (χ1n) is 8.19. The van der Waals surface area contributed by atoms with Gasteiger partial charge in [-0.05, 0) is 66.6 Å². The van der Waals surface area contributed by atoms with Gasteiger partial charge in [-0.3, -0.25) is 9.78 Å². The summed E-state index contributed by atoms with van der Waals surface area (Å²) in [7, 11) is 1.63. The van der Waals surface area contributed by atoms with E-state index in [-0.39, 0.29) is 0 Å². The number of amides is 1. The van der Waals surface area contributed by atoms with Crippen LogP contribution in [0.5, 0.6) is 11.5 Å². The second kappa shape index (κ2) is 7.70. The summed E-state index contributed by atoms with van der Waals surface area (Å²) >= 11 is 0. The third-order valence-corrected chi connectivity index (χ3v) is 4.08. The van der Waals surface area contributed by atoms with E-state index in [9.17, 15) is 4.79 Å². The lowest BCUT2D eigenvalue weighted by atomic mass is 10.0. The van der Waals surface area contributed by atoms with E-state index in [2.05, 4.69) is 4.98 Å². The first-order chi connectivity index (χ1) is 12.6. The lowest BCUT2D eigenvalue weighted by Crippen LogP contribution is -2.12. The smallest absolute Gasteiger partial charge is 0.248 e. The minimum atomic E-state index is -0.427. The van der Waals surface area contributed by atoms with E-state index in [1.807, 2.05) is 55.5 Å². The molecule has 1 aromatic heterocycles. The first kappa shape index (κ1) is 17.5. The maximum atomic E-state index is 11.4. The van der Waals surface area contributed by atoms with E-state index < -0.39 is 5.91 Å². The number of carbonyl (C=O) groups excluding carboxylic acids is 1. The Balaban J connectivity index is 1.75. The Hall–Kier alpha value is -3.34. The van der Waals surface area contributed by atoms with Crippen molar-refractivity contribution in [3.05, 3.63) is 77.5 Å². The molecular weight excluding hydrogens is 328 g/mol. The molecule has 0 aliphatic heterocycles. The molecule has 3 rings (SSSR count). The summed E-state index contributed by atoms with van der Waals surface area (Å²) in [6.45, 7) is 2.29. The van der Waals surface area contributed by atoms with E-state index in [1.165, 1.54) is 0 Å². The normalized spacial score (nSPS) is 10.4. The summed E-state index contributed by atoms with van der Waals surface area (Å²) in [5, 5.41) is 0. The lowest BCUT2D eigenvalue weighted by Gasteiger charge is -2.09. The number of rotatable bonds is 6. The van der Waals surface area contributed by atoms with Crippen molar-refractivity contribution in [2.75, 3.05) is 7.11 Å². The van der Waals surface area contributed by atoms with E-state index in [0.29, 0.717) is 12.2 Å². The van der Waals surface area contributed by atoms with Crippen molar-refractivity contribution in [2.45, 2.75) is 13.5 Å². The molecule has 0 aliphatic rings. The fourth-order valence-corrected chi connectivity index (χ4v) is 2.66. The Morgan fingerprint density at radius 2 is 1.77 bits per heavy atom. The number of benzene rings is 2. The summed E-state index contributed by atoms with van der Waals surface area (Å²) in [4.78, 5) is 15.8. The van der Waals surface area contributed by atoms with Gasteiger partial charge in [-0.15, -0.1) is 0 Å². The molecule has 0 fully saturated rings. The molecule has 0 bridgehead atoms. The van der Waals surface area contributed by atoms with Crippen LogP contribution in [0.1, 0.15) is 21.5 Å².